The summed E-state index contributed by atoms with van der Waals surface area (Å²) in [6.07, 6.45) is 2.08. The Labute approximate surface area is 61.5 Å². The molecule has 0 atom stereocenters. The molecule has 0 N–H and O–H groups in total. The van der Waals surface area contributed by atoms with E-state index in [4.69, 9.17) is 0 Å². The van der Waals surface area contributed by atoms with Crippen LogP contribution in [-0.2, 0) is 0 Å². The van der Waals surface area contributed by atoms with E-state index in [0.29, 0.717) is 0 Å². The number of hydrogen-bond acceptors (Lipinski definition) is 2. The summed E-state index contributed by atoms with van der Waals surface area (Å²) < 4.78 is 0. The summed E-state index contributed by atoms with van der Waals surface area (Å²) in [5.74, 6) is 2.28. The minimum absolute atomic E-state index is 1.04. The predicted octanol–water partition coefficient (Wildman–Crippen LogP) is 0.769. The summed E-state index contributed by atoms with van der Waals surface area (Å²) >= 11 is 0. The van der Waals surface area contributed by atoms with Crippen LogP contribution in [0.25, 0.3) is 0 Å². The first-order valence-electron chi connectivity index (χ1n) is 3.44. The van der Waals surface area contributed by atoms with Gasteiger partial charge in [0.05, 0.1) is 0 Å². The molecule has 0 aromatic rings. The zero-order valence-electron chi connectivity index (χ0n) is 6.76. The van der Waals surface area contributed by atoms with Crippen LogP contribution in [0.5, 0.6) is 0 Å². The van der Waals surface area contributed by atoms with Crippen molar-refractivity contribution in [1.29, 1.82) is 0 Å². The van der Waals surface area contributed by atoms with E-state index in [1.807, 2.05) is 21.1 Å². The first kappa shape index (κ1) is 7.25. The van der Waals surface area contributed by atoms with Crippen molar-refractivity contribution in [3.63, 3.8) is 0 Å². The number of likely N-dealkylation sites (tertiary alicyclic amines) is 1. The number of amidine groups is 2. The molecule has 0 amide bonds. The Kier molecular flexibility index (Phi) is 2.04. The molecule has 0 saturated carbocycles. The summed E-state index contributed by atoms with van der Waals surface area (Å²) in [4.78, 5) is 10.3. The topological polar surface area (TPSA) is 28.0 Å². The van der Waals surface area contributed by atoms with Crippen LogP contribution in [0.3, 0.4) is 0 Å². The van der Waals surface area contributed by atoms with E-state index in [9.17, 15) is 0 Å². The van der Waals surface area contributed by atoms with E-state index >= 15 is 0 Å². The summed E-state index contributed by atoms with van der Waals surface area (Å²) in [5.41, 5.74) is 0. The molecule has 1 rings (SSSR count). The zero-order chi connectivity index (χ0) is 7.56. The van der Waals surface area contributed by atoms with Gasteiger partial charge in [0.1, 0.15) is 11.7 Å². The quantitative estimate of drug-likeness (QED) is 0.487. The van der Waals surface area contributed by atoms with Crippen LogP contribution < -0.4 is 0 Å². The van der Waals surface area contributed by atoms with Gasteiger partial charge in [-0.2, -0.15) is 0 Å². The molecule has 0 aromatic heterocycles. The fourth-order valence-electron chi connectivity index (χ4n) is 1.23. The number of nitrogens with zero attached hydrogens (tertiary/aromatic N) is 3. The highest BCUT2D eigenvalue weighted by atomic mass is 15.2. The van der Waals surface area contributed by atoms with Crippen molar-refractivity contribution in [3.05, 3.63) is 0 Å². The highest BCUT2D eigenvalue weighted by molar-refractivity contribution is 6.06. The Bertz CT molecular complexity index is 161. The molecule has 3 heteroatoms. The summed E-state index contributed by atoms with van der Waals surface area (Å²) in [6.45, 7) is 0. The van der Waals surface area contributed by atoms with Crippen molar-refractivity contribution in [2.75, 3.05) is 21.1 Å². The van der Waals surface area contributed by atoms with Gasteiger partial charge in [-0.1, -0.05) is 0 Å². The minimum atomic E-state index is 1.04. The number of aliphatic imine (C=N–C) groups is 2. The van der Waals surface area contributed by atoms with E-state index in [2.05, 4.69) is 14.9 Å². The average molecular weight is 139 g/mol. The molecule has 0 bridgehead atoms. The molecule has 1 fully saturated rings. The van der Waals surface area contributed by atoms with Crippen molar-refractivity contribution in [1.82, 2.24) is 4.90 Å². The first-order chi connectivity index (χ1) is 4.79. The van der Waals surface area contributed by atoms with E-state index in [1.165, 1.54) is 0 Å². The largest absolute Gasteiger partial charge is 0.322 e. The molecule has 10 heavy (non-hydrogen) atoms. The standard InChI is InChI=1S/C7H13N3/c1-8-6-4-5-7(9-2)10(6)3/h4-5H2,1-3H3. The maximum atomic E-state index is 4.13. The van der Waals surface area contributed by atoms with Crippen LogP contribution in [0.4, 0.5) is 0 Å². The van der Waals surface area contributed by atoms with Crippen molar-refractivity contribution < 1.29 is 0 Å². The minimum Gasteiger partial charge on any atom is -0.322 e. The lowest BCUT2D eigenvalue weighted by Crippen LogP contribution is -2.24. The van der Waals surface area contributed by atoms with Crippen LogP contribution in [0.1, 0.15) is 12.8 Å². The molecule has 56 valence electrons. The van der Waals surface area contributed by atoms with Crippen molar-refractivity contribution in [2.24, 2.45) is 9.98 Å². The van der Waals surface area contributed by atoms with Gasteiger partial charge in [0, 0.05) is 34.0 Å². The second-order valence-corrected chi connectivity index (χ2v) is 2.34. The predicted molar refractivity (Wildman–Crippen MR) is 43.7 cm³/mol. The van der Waals surface area contributed by atoms with Crippen LogP contribution in [0.2, 0.25) is 0 Å². The summed E-state index contributed by atoms with van der Waals surface area (Å²) in [6, 6.07) is 0. The summed E-state index contributed by atoms with van der Waals surface area (Å²) in [7, 11) is 5.66. The molecule has 1 saturated heterocycles. The highest BCUT2D eigenvalue weighted by Gasteiger charge is 2.19. The molecule has 0 radical (unpaired) electrons. The molecule has 1 heterocycles. The molecule has 1 aliphatic rings. The fourth-order valence-corrected chi connectivity index (χ4v) is 1.23. The maximum absolute atomic E-state index is 4.13. The molecule has 3 nitrogen and oxygen atoms in total. The number of hydrogen-bond donors (Lipinski definition) is 0. The smallest absolute Gasteiger partial charge is 0.104 e. The van der Waals surface area contributed by atoms with Gasteiger partial charge in [-0.3, -0.25) is 9.98 Å². The van der Waals surface area contributed by atoms with Crippen LogP contribution in [0.15, 0.2) is 9.98 Å². The molecule has 1 aliphatic heterocycles. The van der Waals surface area contributed by atoms with Gasteiger partial charge in [-0.15, -0.1) is 0 Å². The van der Waals surface area contributed by atoms with Crippen molar-refractivity contribution in [2.45, 2.75) is 12.8 Å². The lowest BCUT2D eigenvalue weighted by Gasteiger charge is -2.11. The van der Waals surface area contributed by atoms with Gasteiger partial charge >= 0.3 is 0 Å². The van der Waals surface area contributed by atoms with Crippen molar-refractivity contribution >= 4 is 11.7 Å². The van der Waals surface area contributed by atoms with Gasteiger partial charge < -0.3 is 4.90 Å². The molecule has 0 unspecified atom stereocenters. The Morgan fingerprint density at radius 3 is 1.70 bits per heavy atom. The van der Waals surface area contributed by atoms with Gasteiger partial charge in [0.2, 0.25) is 0 Å². The number of rotatable bonds is 0. The lowest BCUT2D eigenvalue weighted by atomic mass is 10.3. The molecule has 0 aromatic carbocycles. The third-order valence-electron chi connectivity index (χ3n) is 1.86. The normalized spacial score (nSPS) is 26.9. The zero-order valence-corrected chi connectivity index (χ0v) is 6.76. The van der Waals surface area contributed by atoms with Gasteiger partial charge in [0.25, 0.3) is 0 Å². The first-order valence-corrected chi connectivity index (χ1v) is 3.44. The molecular weight excluding hydrogens is 126 g/mol. The fraction of sp³-hybridized carbons (Fsp3) is 0.714. The summed E-state index contributed by atoms with van der Waals surface area (Å²) in [5, 5.41) is 0. The lowest BCUT2D eigenvalue weighted by molar-refractivity contribution is 0.760. The van der Waals surface area contributed by atoms with Crippen molar-refractivity contribution in [3.8, 4) is 0 Å². The highest BCUT2D eigenvalue weighted by Crippen LogP contribution is 2.11. The van der Waals surface area contributed by atoms with Crippen LogP contribution in [-0.4, -0.2) is 37.7 Å². The monoisotopic (exact) mass is 139 g/mol. The average Bonchev–Trinajstić information content (AvgIpc) is 2.30. The second-order valence-electron chi connectivity index (χ2n) is 2.34. The molecule has 0 spiro atoms. The second kappa shape index (κ2) is 2.82. The molecular formula is C7H13N3. The Balaban J connectivity index is 2.77. The van der Waals surface area contributed by atoms with Crippen LogP contribution in [0, 0.1) is 0 Å². The van der Waals surface area contributed by atoms with Crippen LogP contribution >= 0.6 is 0 Å². The SMILES string of the molecule is CN=C1CCC(=NC)N1C. The Morgan fingerprint density at radius 1 is 1.10 bits per heavy atom. The maximum Gasteiger partial charge on any atom is 0.104 e. The van der Waals surface area contributed by atoms with Gasteiger partial charge in [-0.25, -0.2) is 0 Å². The third-order valence-corrected chi connectivity index (χ3v) is 1.86. The van der Waals surface area contributed by atoms with E-state index in [0.717, 1.165) is 24.5 Å². The molecule has 0 aliphatic carbocycles. The Hall–Kier alpha value is -0.860. The van der Waals surface area contributed by atoms with E-state index in [1.54, 1.807) is 0 Å². The Morgan fingerprint density at radius 2 is 1.50 bits per heavy atom. The van der Waals surface area contributed by atoms with Gasteiger partial charge in [-0.05, 0) is 0 Å². The third kappa shape index (κ3) is 1.03. The van der Waals surface area contributed by atoms with E-state index < -0.39 is 0 Å². The van der Waals surface area contributed by atoms with E-state index in [-0.39, 0.29) is 0 Å². The van der Waals surface area contributed by atoms with Gasteiger partial charge in [0.15, 0.2) is 0 Å².